The van der Waals surface area contributed by atoms with Gasteiger partial charge in [0.05, 0.1) is 0 Å². The number of furan rings is 1. The van der Waals surface area contributed by atoms with Crippen molar-refractivity contribution in [2.45, 2.75) is 32.6 Å². The predicted octanol–water partition coefficient (Wildman–Crippen LogP) is 3.15. The normalized spacial score (nSPS) is 15.9. The number of carbonyl (C=O) groups is 2. The fourth-order valence-corrected chi connectivity index (χ4v) is 3.04. The van der Waals surface area contributed by atoms with Crippen molar-refractivity contribution in [2.75, 3.05) is 26.7 Å². The van der Waals surface area contributed by atoms with Gasteiger partial charge in [0.25, 0.3) is 5.91 Å². The highest BCUT2D eigenvalue weighted by Gasteiger charge is 2.30. The monoisotopic (exact) mass is 370 g/mol. The van der Waals surface area contributed by atoms with Gasteiger partial charge in [-0.05, 0) is 47.3 Å². The summed E-state index contributed by atoms with van der Waals surface area (Å²) in [5, 5.41) is 0. The molecule has 0 unspecified atom stereocenters. The molecule has 0 bridgehead atoms. The van der Waals surface area contributed by atoms with Crippen molar-refractivity contribution in [3.63, 3.8) is 0 Å². The highest BCUT2D eigenvalue weighted by atomic mass is 79.9. The molecule has 0 N–H and O–H groups in total. The van der Waals surface area contributed by atoms with Crippen molar-refractivity contribution < 1.29 is 14.0 Å². The number of amides is 2. The molecule has 0 saturated carbocycles. The Morgan fingerprint density at radius 3 is 2.59 bits per heavy atom. The van der Waals surface area contributed by atoms with Crippen LogP contribution in [0.5, 0.6) is 0 Å². The Labute approximate surface area is 139 Å². The van der Waals surface area contributed by atoms with E-state index >= 15 is 0 Å². The van der Waals surface area contributed by atoms with Crippen LogP contribution in [0.1, 0.15) is 43.2 Å². The summed E-state index contributed by atoms with van der Waals surface area (Å²) in [6.45, 7) is 4.15. The first kappa shape index (κ1) is 17.1. The first-order valence-electron chi connectivity index (χ1n) is 7.82. The van der Waals surface area contributed by atoms with E-state index < -0.39 is 0 Å². The van der Waals surface area contributed by atoms with Crippen molar-refractivity contribution in [3.05, 3.63) is 22.6 Å². The van der Waals surface area contributed by atoms with E-state index in [4.69, 9.17) is 4.42 Å². The average Bonchev–Trinajstić information content (AvgIpc) is 2.97. The molecule has 6 heteroatoms. The minimum absolute atomic E-state index is 0.0363. The molecule has 22 heavy (non-hydrogen) atoms. The van der Waals surface area contributed by atoms with Gasteiger partial charge in [0.1, 0.15) is 0 Å². The number of carbonyl (C=O) groups excluding carboxylic acids is 2. The van der Waals surface area contributed by atoms with Gasteiger partial charge in [0.15, 0.2) is 10.4 Å². The fourth-order valence-electron chi connectivity index (χ4n) is 2.73. The van der Waals surface area contributed by atoms with E-state index in [0.29, 0.717) is 23.5 Å². The fraction of sp³-hybridized carbons (Fsp3) is 0.625. The molecule has 1 saturated heterocycles. The first-order chi connectivity index (χ1) is 10.5. The average molecular weight is 371 g/mol. The SMILES string of the molecule is CCCCN(C)C(=O)C1CCN(C(=O)c2ccc(Br)o2)CC1. The minimum Gasteiger partial charge on any atom is -0.444 e. The van der Waals surface area contributed by atoms with Crippen LogP contribution >= 0.6 is 15.9 Å². The summed E-state index contributed by atoms with van der Waals surface area (Å²) in [7, 11) is 1.87. The molecule has 0 aliphatic carbocycles. The van der Waals surface area contributed by atoms with Crippen molar-refractivity contribution in [2.24, 2.45) is 5.92 Å². The maximum Gasteiger partial charge on any atom is 0.289 e. The van der Waals surface area contributed by atoms with Crippen LogP contribution in [0.25, 0.3) is 0 Å². The van der Waals surface area contributed by atoms with Gasteiger partial charge in [0.2, 0.25) is 5.91 Å². The van der Waals surface area contributed by atoms with Crippen LogP contribution in [0.3, 0.4) is 0 Å². The summed E-state index contributed by atoms with van der Waals surface area (Å²) in [5.74, 6) is 0.489. The number of nitrogens with zero attached hydrogens (tertiary/aromatic N) is 2. The summed E-state index contributed by atoms with van der Waals surface area (Å²) in [6, 6.07) is 3.38. The zero-order valence-electron chi connectivity index (χ0n) is 13.2. The lowest BCUT2D eigenvalue weighted by molar-refractivity contribution is -0.135. The van der Waals surface area contributed by atoms with Crippen molar-refractivity contribution in [3.8, 4) is 0 Å². The minimum atomic E-state index is -0.101. The summed E-state index contributed by atoms with van der Waals surface area (Å²) in [6.07, 6.45) is 3.57. The van der Waals surface area contributed by atoms with Crippen LogP contribution in [0.15, 0.2) is 21.2 Å². The molecule has 2 heterocycles. The standard InChI is InChI=1S/C16H23BrN2O3/c1-3-4-9-18(2)15(20)12-7-10-19(11-8-12)16(21)13-5-6-14(17)22-13/h5-6,12H,3-4,7-11H2,1-2H3. The van der Waals surface area contributed by atoms with E-state index in [2.05, 4.69) is 22.9 Å². The van der Waals surface area contributed by atoms with Gasteiger partial charge < -0.3 is 14.2 Å². The largest absolute Gasteiger partial charge is 0.444 e. The summed E-state index contributed by atoms with van der Waals surface area (Å²) in [4.78, 5) is 28.2. The van der Waals surface area contributed by atoms with Crippen LogP contribution < -0.4 is 0 Å². The van der Waals surface area contributed by atoms with Gasteiger partial charge in [-0.15, -0.1) is 0 Å². The van der Waals surface area contributed by atoms with E-state index in [1.165, 1.54) is 0 Å². The van der Waals surface area contributed by atoms with Crippen LogP contribution in [0.2, 0.25) is 0 Å². The number of unbranched alkanes of at least 4 members (excludes halogenated alkanes) is 1. The molecule has 2 amide bonds. The summed E-state index contributed by atoms with van der Waals surface area (Å²) in [5.41, 5.74) is 0. The maximum absolute atomic E-state index is 12.4. The Hall–Kier alpha value is -1.30. The molecule has 2 rings (SSSR count). The lowest BCUT2D eigenvalue weighted by atomic mass is 9.95. The van der Waals surface area contributed by atoms with E-state index in [0.717, 1.165) is 32.2 Å². The number of halogens is 1. The van der Waals surface area contributed by atoms with E-state index in [9.17, 15) is 9.59 Å². The van der Waals surface area contributed by atoms with Crippen LogP contribution in [-0.4, -0.2) is 48.3 Å². The third-order valence-electron chi connectivity index (χ3n) is 4.14. The number of piperidine rings is 1. The number of likely N-dealkylation sites (tertiary alicyclic amines) is 1. The second-order valence-corrected chi connectivity index (χ2v) is 6.57. The van der Waals surface area contributed by atoms with Gasteiger partial charge in [-0.2, -0.15) is 0 Å². The third kappa shape index (κ3) is 4.12. The second kappa shape index (κ2) is 7.81. The summed E-state index contributed by atoms with van der Waals surface area (Å²) >= 11 is 3.20. The summed E-state index contributed by atoms with van der Waals surface area (Å²) < 4.78 is 5.86. The van der Waals surface area contributed by atoms with Crippen LogP contribution in [-0.2, 0) is 4.79 Å². The maximum atomic E-state index is 12.4. The Balaban J connectivity index is 1.85. The Kier molecular flexibility index (Phi) is 6.06. The zero-order chi connectivity index (χ0) is 16.1. The first-order valence-corrected chi connectivity index (χ1v) is 8.61. The molecule has 1 aliphatic heterocycles. The van der Waals surface area contributed by atoms with E-state index in [-0.39, 0.29) is 17.7 Å². The number of hydrogen-bond acceptors (Lipinski definition) is 3. The Morgan fingerprint density at radius 1 is 1.36 bits per heavy atom. The molecule has 0 spiro atoms. The highest BCUT2D eigenvalue weighted by Crippen LogP contribution is 2.22. The van der Waals surface area contributed by atoms with Gasteiger partial charge in [-0.25, -0.2) is 0 Å². The molecule has 0 aromatic carbocycles. The highest BCUT2D eigenvalue weighted by molar-refractivity contribution is 9.10. The molecule has 0 atom stereocenters. The molecular formula is C16H23BrN2O3. The van der Waals surface area contributed by atoms with Crippen molar-refractivity contribution in [1.82, 2.24) is 9.80 Å². The molecule has 1 aliphatic rings. The number of hydrogen-bond donors (Lipinski definition) is 0. The zero-order valence-corrected chi connectivity index (χ0v) is 14.8. The molecule has 1 fully saturated rings. The lowest BCUT2D eigenvalue weighted by Gasteiger charge is -2.32. The lowest BCUT2D eigenvalue weighted by Crippen LogP contribution is -2.43. The number of rotatable bonds is 5. The van der Waals surface area contributed by atoms with Crippen LogP contribution in [0, 0.1) is 5.92 Å². The molecule has 0 radical (unpaired) electrons. The molecule has 1 aromatic rings. The van der Waals surface area contributed by atoms with Gasteiger partial charge in [0, 0.05) is 32.6 Å². The topological polar surface area (TPSA) is 53.8 Å². The quantitative estimate of drug-likeness (QED) is 0.799. The van der Waals surface area contributed by atoms with Crippen molar-refractivity contribution in [1.29, 1.82) is 0 Å². The van der Waals surface area contributed by atoms with Gasteiger partial charge in [-0.1, -0.05) is 13.3 Å². The molecule has 5 nitrogen and oxygen atoms in total. The molecular weight excluding hydrogens is 348 g/mol. The smallest absolute Gasteiger partial charge is 0.289 e. The third-order valence-corrected chi connectivity index (χ3v) is 4.56. The van der Waals surface area contributed by atoms with E-state index in [1.807, 2.05) is 11.9 Å². The predicted molar refractivity (Wildman–Crippen MR) is 87.6 cm³/mol. The van der Waals surface area contributed by atoms with Gasteiger partial charge >= 0.3 is 0 Å². The second-order valence-electron chi connectivity index (χ2n) is 5.78. The Bertz CT molecular complexity index is 521. The molecule has 1 aromatic heterocycles. The van der Waals surface area contributed by atoms with Crippen LogP contribution in [0.4, 0.5) is 0 Å². The molecule has 122 valence electrons. The van der Waals surface area contributed by atoms with Gasteiger partial charge in [-0.3, -0.25) is 9.59 Å². The van der Waals surface area contributed by atoms with E-state index in [1.54, 1.807) is 17.0 Å². The Morgan fingerprint density at radius 2 is 2.05 bits per heavy atom. The van der Waals surface area contributed by atoms with Crippen molar-refractivity contribution >= 4 is 27.7 Å².